The Morgan fingerprint density at radius 2 is 1.68 bits per heavy atom. The zero-order valence-electron chi connectivity index (χ0n) is 17.6. The molecule has 0 aromatic heterocycles. The van der Waals surface area contributed by atoms with Gasteiger partial charge in [0.05, 0.1) is 0 Å². The lowest BCUT2D eigenvalue weighted by molar-refractivity contribution is -0.134. The fourth-order valence-corrected chi connectivity index (χ4v) is 4.05. The smallest absolute Gasteiger partial charge is 0.325 e. The van der Waals surface area contributed by atoms with E-state index in [-0.39, 0.29) is 18.4 Å². The van der Waals surface area contributed by atoms with E-state index >= 15 is 0 Å². The molecule has 0 bridgehead atoms. The van der Waals surface area contributed by atoms with Crippen LogP contribution in [0.4, 0.5) is 4.79 Å². The van der Waals surface area contributed by atoms with Crippen molar-refractivity contribution in [1.29, 1.82) is 0 Å². The first-order chi connectivity index (χ1) is 14.9. The summed E-state index contributed by atoms with van der Waals surface area (Å²) in [5.41, 5.74) is 0.598. The Kier molecular flexibility index (Phi) is 5.46. The molecule has 0 aliphatic carbocycles. The first kappa shape index (κ1) is 20.6. The number of nitrogens with zero attached hydrogens (tertiary/aromatic N) is 1. The maximum absolute atomic E-state index is 13.2. The van der Waals surface area contributed by atoms with E-state index in [1.807, 2.05) is 79.7 Å². The number of benzene rings is 3. The molecule has 4 amide bonds. The number of amides is 4. The van der Waals surface area contributed by atoms with Gasteiger partial charge >= 0.3 is 6.03 Å². The number of nitrogens with one attached hydrogen (secondary N) is 2. The van der Waals surface area contributed by atoms with E-state index in [2.05, 4.69) is 10.6 Å². The highest BCUT2D eigenvalue weighted by Crippen LogP contribution is 2.33. The minimum atomic E-state index is -1.23. The zero-order chi connectivity index (χ0) is 22.0. The van der Waals surface area contributed by atoms with Crippen LogP contribution >= 0.6 is 0 Å². The Labute approximate surface area is 181 Å². The molecular weight excluding hydrogens is 390 g/mol. The largest absolute Gasteiger partial charge is 0.354 e. The van der Waals surface area contributed by atoms with Gasteiger partial charge in [0.25, 0.3) is 5.91 Å². The SMILES string of the molecule is C[C@@H](CNC(=O)CN1C(=O)N[C@](C)(c2cccc3ccccc23)C1=O)c1ccccc1. The van der Waals surface area contributed by atoms with Gasteiger partial charge in [-0.1, -0.05) is 79.7 Å². The molecule has 0 saturated carbocycles. The standard InChI is InChI=1S/C25H25N3O3/c1-17(18-9-4-3-5-10-18)15-26-22(29)16-28-23(30)25(2,27-24(28)31)21-14-8-12-19-11-6-7-13-20(19)21/h3-14,17H,15-16H2,1-2H3,(H,26,29)(H,27,31)/t17-,25+/m0/s1. The maximum Gasteiger partial charge on any atom is 0.325 e. The molecule has 3 aromatic rings. The lowest BCUT2D eigenvalue weighted by atomic mass is 9.88. The third-order valence-corrected chi connectivity index (χ3v) is 5.88. The molecule has 0 radical (unpaired) electrons. The van der Waals surface area contributed by atoms with Gasteiger partial charge in [-0.3, -0.25) is 14.5 Å². The normalized spacial score (nSPS) is 19.4. The third-order valence-electron chi connectivity index (χ3n) is 5.88. The Balaban J connectivity index is 1.47. The molecule has 158 valence electrons. The fraction of sp³-hybridized carbons (Fsp3) is 0.240. The number of urea groups is 1. The van der Waals surface area contributed by atoms with Crippen molar-refractivity contribution in [3.63, 3.8) is 0 Å². The second-order valence-corrected chi connectivity index (χ2v) is 8.09. The molecule has 2 atom stereocenters. The average Bonchev–Trinajstić information content (AvgIpc) is 3.01. The molecule has 6 heteroatoms. The van der Waals surface area contributed by atoms with Gasteiger partial charge in [-0.15, -0.1) is 0 Å². The Morgan fingerprint density at radius 1 is 1.00 bits per heavy atom. The maximum atomic E-state index is 13.2. The van der Waals surface area contributed by atoms with Crippen molar-refractivity contribution in [3.05, 3.63) is 83.9 Å². The number of fused-ring (bicyclic) bond motifs is 1. The number of rotatable bonds is 6. The molecule has 6 nitrogen and oxygen atoms in total. The summed E-state index contributed by atoms with van der Waals surface area (Å²) >= 11 is 0. The first-order valence-electron chi connectivity index (χ1n) is 10.3. The van der Waals surface area contributed by atoms with Gasteiger partial charge < -0.3 is 10.6 Å². The van der Waals surface area contributed by atoms with Crippen LogP contribution in [0.5, 0.6) is 0 Å². The summed E-state index contributed by atoms with van der Waals surface area (Å²) in [5, 5.41) is 7.50. The van der Waals surface area contributed by atoms with E-state index in [0.29, 0.717) is 12.1 Å². The number of hydrogen-bond donors (Lipinski definition) is 2. The molecule has 1 saturated heterocycles. The Morgan fingerprint density at radius 3 is 2.45 bits per heavy atom. The summed E-state index contributed by atoms with van der Waals surface area (Å²) in [6.45, 7) is 3.81. The topological polar surface area (TPSA) is 78.5 Å². The monoisotopic (exact) mass is 415 g/mol. The summed E-state index contributed by atoms with van der Waals surface area (Å²) in [4.78, 5) is 39.3. The molecule has 1 aliphatic heterocycles. The second kappa shape index (κ2) is 8.22. The van der Waals surface area contributed by atoms with E-state index in [9.17, 15) is 14.4 Å². The van der Waals surface area contributed by atoms with Gasteiger partial charge in [0.15, 0.2) is 0 Å². The molecule has 1 fully saturated rings. The summed E-state index contributed by atoms with van der Waals surface area (Å²) in [6, 6.07) is 22.7. The molecule has 0 spiro atoms. The highest BCUT2D eigenvalue weighted by molar-refractivity contribution is 6.10. The van der Waals surface area contributed by atoms with Crippen LogP contribution < -0.4 is 10.6 Å². The molecular formula is C25H25N3O3. The summed E-state index contributed by atoms with van der Waals surface area (Å²) < 4.78 is 0. The number of carbonyl (C=O) groups excluding carboxylic acids is 3. The van der Waals surface area contributed by atoms with Gasteiger partial charge in [-0.05, 0) is 34.7 Å². The van der Waals surface area contributed by atoms with Crippen LogP contribution in [0, 0.1) is 0 Å². The van der Waals surface area contributed by atoms with Crippen LogP contribution in [0.2, 0.25) is 0 Å². The quantitative estimate of drug-likeness (QED) is 0.605. The zero-order valence-corrected chi connectivity index (χ0v) is 17.6. The minimum Gasteiger partial charge on any atom is -0.354 e. The molecule has 3 aromatic carbocycles. The number of hydrogen-bond acceptors (Lipinski definition) is 3. The second-order valence-electron chi connectivity index (χ2n) is 8.09. The minimum absolute atomic E-state index is 0.120. The summed E-state index contributed by atoms with van der Waals surface area (Å²) in [7, 11) is 0. The van der Waals surface area contributed by atoms with Crippen molar-refractivity contribution in [2.75, 3.05) is 13.1 Å². The summed E-state index contributed by atoms with van der Waals surface area (Å²) in [5.74, 6) is -0.678. The van der Waals surface area contributed by atoms with Crippen LogP contribution in [0.3, 0.4) is 0 Å². The lowest BCUT2D eigenvalue weighted by Crippen LogP contribution is -2.43. The predicted octanol–water partition coefficient (Wildman–Crippen LogP) is 3.53. The van der Waals surface area contributed by atoms with Crippen LogP contribution in [0.15, 0.2) is 72.8 Å². The molecule has 0 unspecified atom stereocenters. The molecule has 2 N–H and O–H groups in total. The van der Waals surface area contributed by atoms with E-state index in [4.69, 9.17) is 0 Å². The summed E-state index contributed by atoms with van der Waals surface area (Å²) in [6.07, 6.45) is 0. The van der Waals surface area contributed by atoms with Crippen molar-refractivity contribution in [3.8, 4) is 0 Å². The fourth-order valence-electron chi connectivity index (χ4n) is 4.05. The highest BCUT2D eigenvalue weighted by Gasteiger charge is 2.50. The van der Waals surface area contributed by atoms with E-state index in [0.717, 1.165) is 21.2 Å². The van der Waals surface area contributed by atoms with E-state index in [1.54, 1.807) is 6.92 Å². The van der Waals surface area contributed by atoms with Crippen molar-refractivity contribution in [2.24, 2.45) is 0 Å². The average molecular weight is 415 g/mol. The lowest BCUT2D eigenvalue weighted by Gasteiger charge is -2.24. The van der Waals surface area contributed by atoms with Crippen LogP contribution in [-0.4, -0.2) is 35.8 Å². The highest BCUT2D eigenvalue weighted by atomic mass is 16.2. The molecule has 1 heterocycles. The van der Waals surface area contributed by atoms with Crippen LogP contribution in [0.1, 0.15) is 30.9 Å². The molecule has 31 heavy (non-hydrogen) atoms. The van der Waals surface area contributed by atoms with Crippen molar-refractivity contribution in [1.82, 2.24) is 15.5 Å². The van der Waals surface area contributed by atoms with Gasteiger partial charge in [-0.2, -0.15) is 0 Å². The Bertz CT molecular complexity index is 1140. The van der Waals surface area contributed by atoms with Gasteiger partial charge in [0.2, 0.25) is 5.91 Å². The van der Waals surface area contributed by atoms with Crippen molar-refractivity contribution in [2.45, 2.75) is 25.3 Å². The first-order valence-corrected chi connectivity index (χ1v) is 10.3. The van der Waals surface area contributed by atoms with Crippen LogP contribution in [0.25, 0.3) is 10.8 Å². The number of carbonyl (C=O) groups is 3. The van der Waals surface area contributed by atoms with Gasteiger partial charge in [-0.25, -0.2) is 4.79 Å². The van der Waals surface area contributed by atoms with Crippen molar-refractivity contribution >= 4 is 28.6 Å². The molecule has 1 aliphatic rings. The molecule has 4 rings (SSSR count). The van der Waals surface area contributed by atoms with E-state index in [1.165, 1.54) is 0 Å². The van der Waals surface area contributed by atoms with Crippen molar-refractivity contribution < 1.29 is 14.4 Å². The van der Waals surface area contributed by atoms with Crippen LogP contribution in [-0.2, 0) is 15.1 Å². The van der Waals surface area contributed by atoms with E-state index < -0.39 is 17.5 Å². The van der Waals surface area contributed by atoms with Gasteiger partial charge in [0.1, 0.15) is 12.1 Å². The third kappa shape index (κ3) is 3.89. The predicted molar refractivity (Wildman–Crippen MR) is 119 cm³/mol. The van der Waals surface area contributed by atoms with Gasteiger partial charge in [0, 0.05) is 6.54 Å². The Hall–Kier alpha value is -3.67. The number of imide groups is 1.